The van der Waals surface area contributed by atoms with Gasteiger partial charge in [-0.05, 0) is 48.5 Å². The van der Waals surface area contributed by atoms with Crippen molar-refractivity contribution in [3.8, 4) is 0 Å². The van der Waals surface area contributed by atoms with Crippen molar-refractivity contribution in [1.29, 1.82) is 0 Å². The second kappa shape index (κ2) is 9.68. The van der Waals surface area contributed by atoms with Crippen LogP contribution in [0.4, 0.5) is 4.79 Å². The van der Waals surface area contributed by atoms with E-state index in [1.807, 2.05) is 31.2 Å². The molecule has 0 aromatic heterocycles. The zero-order valence-electron chi connectivity index (χ0n) is 17.9. The van der Waals surface area contributed by atoms with Gasteiger partial charge in [0.25, 0.3) is 17.1 Å². The van der Waals surface area contributed by atoms with Crippen molar-refractivity contribution in [2.45, 2.75) is 11.8 Å². The summed E-state index contributed by atoms with van der Waals surface area (Å²) in [5, 5.41) is 2.22. The second-order valence-electron chi connectivity index (χ2n) is 7.32. The van der Waals surface area contributed by atoms with Gasteiger partial charge in [-0.1, -0.05) is 35.9 Å². The highest BCUT2D eigenvalue weighted by molar-refractivity contribution is 8.18. The molecule has 1 heterocycles. The fourth-order valence-corrected chi connectivity index (χ4v) is 4.71. The lowest BCUT2D eigenvalue weighted by molar-refractivity contribution is -0.122. The Bertz CT molecular complexity index is 1190. The summed E-state index contributed by atoms with van der Waals surface area (Å²) < 4.78 is 25.6. The zero-order chi connectivity index (χ0) is 23.5. The molecule has 0 bridgehead atoms. The molecule has 10 heteroatoms. The summed E-state index contributed by atoms with van der Waals surface area (Å²) in [4.78, 5) is 38.7. The molecule has 0 spiro atoms. The summed E-state index contributed by atoms with van der Waals surface area (Å²) in [5.74, 6) is -0.906. The minimum atomic E-state index is -3.67. The van der Waals surface area contributed by atoms with Gasteiger partial charge in [0.15, 0.2) is 0 Å². The van der Waals surface area contributed by atoms with Crippen molar-refractivity contribution in [3.05, 3.63) is 70.1 Å². The highest BCUT2D eigenvalue weighted by Gasteiger charge is 2.34. The molecule has 168 valence electrons. The Hall–Kier alpha value is -2.95. The van der Waals surface area contributed by atoms with E-state index >= 15 is 0 Å². The number of thioether (sulfide) groups is 1. The van der Waals surface area contributed by atoms with Gasteiger partial charge in [0.1, 0.15) is 0 Å². The molecular weight excluding hydrogens is 450 g/mol. The van der Waals surface area contributed by atoms with Crippen LogP contribution in [0, 0.1) is 6.92 Å². The van der Waals surface area contributed by atoms with E-state index < -0.39 is 27.1 Å². The summed E-state index contributed by atoms with van der Waals surface area (Å²) in [5.41, 5.74) is 2.08. The normalized spacial score (nSPS) is 15.6. The maximum atomic E-state index is 12.6. The molecule has 1 fully saturated rings. The zero-order valence-corrected chi connectivity index (χ0v) is 19.5. The largest absolute Gasteiger partial charge is 0.350 e. The van der Waals surface area contributed by atoms with Gasteiger partial charge in [-0.25, -0.2) is 12.7 Å². The Morgan fingerprint density at radius 3 is 2.47 bits per heavy atom. The van der Waals surface area contributed by atoms with Gasteiger partial charge in [-0.3, -0.25) is 19.3 Å². The smallest absolute Gasteiger partial charge is 0.293 e. The summed E-state index contributed by atoms with van der Waals surface area (Å²) in [6, 6.07) is 13.3. The fourth-order valence-electron chi connectivity index (χ4n) is 2.90. The molecule has 3 amide bonds. The number of amides is 3. The van der Waals surface area contributed by atoms with E-state index in [-0.39, 0.29) is 23.5 Å². The topological polar surface area (TPSA) is 104 Å². The SMILES string of the molecule is Cc1ccc(C=C2SC(=O)N(CCNC(=O)c3cccc(S(=O)(=O)N(C)C)c3)C2=O)cc1. The molecule has 0 aliphatic carbocycles. The van der Waals surface area contributed by atoms with E-state index in [1.165, 1.54) is 38.4 Å². The van der Waals surface area contributed by atoms with Gasteiger partial charge < -0.3 is 5.32 Å². The molecule has 1 saturated heterocycles. The van der Waals surface area contributed by atoms with E-state index in [2.05, 4.69) is 5.32 Å². The number of benzene rings is 2. The van der Waals surface area contributed by atoms with Crippen molar-refractivity contribution < 1.29 is 22.8 Å². The Labute approximate surface area is 191 Å². The molecule has 0 saturated carbocycles. The van der Waals surface area contributed by atoms with Crippen LogP contribution in [0.25, 0.3) is 6.08 Å². The predicted octanol–water partition coefficient (Wildman–Crippen LogP) is 2.71. The molecule has 0 unspecified atom stereocenters. The molecule has 0 atom stereocenters. The molecule has 3 rings (SSSR count). The fraction of sp³-hybridized carbons (Fsp3) is 0.227. The molecular formula is C22H23N3O5S2. The number of hydrogen-bond acceptors (Lipinski definition) is 6. The lowest BCUT2D eigenvalue weighted by Crippen LogP contribution is -2.37. The Kier molecular flexibility index (Phi) is 7.17. The summed E-state index contributed by atoms with van der Waals surface area (Å²) in [7, 11) is -0.852. The quantitative estimate of drug-likeness (QED) is 0.620. The monoisotopic (exact) mass is 473 g/mol. The van der Waals surface area contributed by atoms with E-state index in [0.29, 0.717) is 4.91 Å². The number of carbonyl (C=O) groups is 3. The van der Waals surface area contributed by atoms with Crippen LogP contribution in [-0.2, 0) is 14.8 Å². The van der Waals surface area contributed by atoms with Crippen molar-refractivity contribution >= 4 is 44.9 Å². The average Bonchev–Trinajstić information content (AvgIpc) is 3.02. The second-order valence-corrected chi connectivity index (χ2v) is 10.5. The predicted molar refractivity (Wildman–Crippen MR) is 124 cm³/mol. The van der Waals surface area contributed by atoms with Crippen LogP contribution < -0.4 is 5.32 Å². The number of sulfonamides is 1. The average molecular weight is 474 g/mol. The molecule has 1 aliphatic heterocycles. The van der Waals surface area contributed by atoms with Crippen LogP contribution in [0.15, 0.2) is 58.3 Å². The minimum Gasteiger partial charge on any atom is -0.350 e. The Balaban J connectivity index is 1.62. The van der Waals surface area contributed by atoms with Crippen molar-refractivity contribution in [3.63, 3.8) is 0 Å². The van der Waals surface area contributed by atoms with Crippen molar-refractivity contribution in [2.75, 3.05) is 27.2 Å². The van der Waals surface area contributed by atoms with Crippen LogP contribution in [0.2, 0.25) is 0 Å². The van der Waals surface area contributed by atoms with Crippen LogP contribution in [0.5, 0.6) is 0 Å². The first kappa shape index (κ1) is 23.7. The van der Waals surface area contributed by atoms with Crippen LogP contribution >= 0.6 is 11.8 Å². The standard InChI is InChI=1S/C22H23N3O5S2/c1-15-7-9-16(10-8-15)13-19-21(27)25(22(28)31-19)12-11-23-20(26)17-5-4-6-18(14-17)32(29,30)24(2)3/h4-10,13-14H,11-12H2,1-3H3,(H,23,26). The number of imide groups is 1. The number of hydrogen-bond donors (Lipinski definition) is 1. The number of nitrogens with one attached hydrogen (secondary N) is 1. The third-order valence-electron chi connectivity index (χ3n) is 4.74. The number of nitrogens with zero attached hydrogens (tertiary/aromatic N) is 2. The number of aryl methyl sites for hydroxylation is 1. The van der Waals surface area contributed by atoms with E-state index in [1.54, 1.807) is 6.08 Å². The van der Waals surface area contributed by atoms with Crippen LogP contribution in [-0.4, -0.2) is 61.9 Å². The number of carbonyl (C=O) groups excluding carboxylic acids is 3. The highest BCUT2D eigenvalue weighted by Crippen LogP contribution is 2.31. The summed E-state index contributed by atoms with van der Waals surface area (Å²) in [6.07, 6.45) is 1.67. The summed E-state index contributed by atoms with van der Waals surface area (Å²) in [6.45, 7) is 2.01. The number of rotatable bonds is 7. The Morgan fingerprint density at radius 1 is 1.12 bits per heavy atom. The first-order chi connectivity index (χ1) is 15.1. The van der Waals surface area contributed by atoms with Crippen LogP contribution in [0.3, 0.4) is 0 Å². The maximum Gasteiger partial charge on any atom is 0.293 e. The molecule has 2 aromatic carbocycles. The lowest BCUT2D eigenvalue weighted by Gasteiger charge is -2.14. The van der Waals surface area contributed by atoms with Gasteiger partial charge in [0.2, 0.25) is 10.0 Å². The van der Waals surface area contributed by atoms with Gasteiger partial charge in [0.05, 0.1) is 9.80 Å². The molecule has 32 heavy (non-hydrogen) atoms. The maximum absolute atomic E-state index is 12.6. The van der Waals surface area contributed by atoms with Gasteiger partial charge in [-0.15, -0.1) is 0 Å². The molecule has 2 aromatic rings. The third-order valence-corrected chi connectivity index (χ3v) is 7.46. The molecule has 1 N–H and O–H groups in total. The molecule has 8 nitrogen and oxygen atoms in total. The summed E-state index contributed by atoms with van der Waals surface area (Å²) >= 11 is 0.858. The van der Waals surface area contributed by atoms with E-state index in [4.69, 9.17) is 0 Å². The third kappa shape index (κ3) is 5.26. The van der Waals surface area contributed by atoms with Gasteiger partial charge in [0, 0.05) is 32.7 Å². The van der Waals surface area contributed by atoms with Crippen LogP contribution in [0.1, 0.15) is 21.5 Å². The lowest BCUT2D eigenvalue weighted by atomic mass is 10.1. The van der Waals surface area contributed by atoms with Crippen molar-refractivity contribution in [1.82, 2.24) is 14.5 Å². The first-order valence-electron chi connectivity index (χ1n) is 9.72. The highest BCUT2D eigenvalue weighted by atomic mass is 32.2. The first-order valence-corrected chi connectivity index (χ1v) is 12.0. The van der Waals surface area contributed by atoms with E-state index in [9.17, 15) is 22.8 Å². The minimum absolute atomic E-state index is 0.00216. The molecule has 0 radical (unpaired) electrons. The molecule has 1 aliphatic rings. The van der Waals surface area contributed by atoms with Gasteiger partial charge in [-0.2, -0.15) is 0 Å². The van der Waals surface area contributed by atoms with E-state index in [0.717, 1.165) is 32.1 Å². The van der Waals surface area contributed by atoms with Crippen molar-refractivity contribution in [2.24, 2.45) is 0 Å². The van der Waals surface area contributed by atoms with Gasteiger partial charge >= 0.3 is 0 Å². The Morgan fingerprint density at radius 2 is 1.81 bits per heavy atom.